The zero-order valence-electron chi connectivity index (χ0n) is 13.9. The number of aromatic carboxylic acids is 1. The Morgan fingerprint density at radius 2 is 1.70 bits per heavy atom. The van der Waals surface area contributed by atoms with Gasteiger partial charge in [0.05, 0.1) is 11.1 Å². The van der Waals surface area contributed by atoms with E-state index in [1.807, 2.05) is 20.4 Å². The van der Waals surface area contributed by atoms with Gasteiger partial charge in [-0.3, -0.25) is 4.79 Å². The van der Waals surface area contributed by atoms with Crippen LogP contribution in [0.15, 0.2) is 24.3 Å². The minimum atomic E-state index is -2.17. The van der Waals surface area contributed by atoms with Crippen LogP contribution in [0.5, 0.6) is 0 Å². The molecule has 0 atom stereocenters. The van der Waals surface area contributed by atoms with Gasteiger partial charge >= 0.3 is 14.5 Å². The highest BCUT2D eigenvalue weighted by molar-refractivity contribution is 6.66. The molecule has 23 heavy (non-hydrogen) atoms. The van der Waals surface area contributed by atoms with E-state index in [4.69, 9.17) is 14.0 Å². The van der Waals surface area contributed by atoms with Gasteiger partial charge in [-0.25, -0.2) is 4.79 Å². The zero-order valence-corrected chi connectivity index (χ0v) is 14.9. The summed E-state index contributed by atoms with van der Waals surface area (Å²) in [7, 11) is -2.17. The number of carboxylic acids is 1. The molecular formula is C16H25NO5Si. The summed E-state index contributed by atoms with van der Waals surface area (Å²) in [5, 5.41) is 11.9. The fourth-order valence-corrected chi connectivity index (χ4v) is 4.78. The lowest BCUT2D eigenvalue weighted by atomic mass is 10.1. The van der Waals surface area contributed by atoms with Crippen molar-refractivity contribution in [2.75, 3.05) is 19.8 Å². The van der Waals surface area contributed by atoms with Crippen molar-refractivity contribution in [2.45, 2.75) is 32.9 Å². The summed E-state index contributed by atoms with van der Waals surface area (Å²) >= 11 is 0. The molecule has 0 saturated heterocycles. The second-order valence-corrected chi connectivity index (χ2v) is 8.55. The van der Waals surface area contributed by atoms with Crippen molar-refractivity contribution in [3.05, 3.63) is 35.4 Å². The van der Waals surface area contributed by atoms with Crippen LogP contribution in [0.1, 0.15) is 41.0 Å². The minimum Gasteiger partial charge on any atom is -0.478 e. The second-order valence-electron chi connectivity index (χ2n) is 5.21. The van der Waals surface area contributed by atoms with Crippen molar-refractivity contribution in [3.8, 4) is 0 Å². The third kappa shape index (κ3) is 6.13. The Bertz CT molecular complexity index is 529. The number of amides is 1. The molecule has 0 aliphatic rings. The monoisotopic (exact) mass is 339 g/mol. The summed E-state index contributed by atoms with van der Waals surface area (Å²) in [6.07, 6.45) is 0.726. The van der Waals surface area contributed by atoms with Crippen LogP contribution in [0, 0.1) is 0 Å². The molecule has 0 aromatic heterocycles. The first-order chi connectivity index (χ1) is 10.9. The molecule has 0 heterocycles. The van der Waals surface area contributed by atoms with Crippen molar-refractivity contribution in [3.63, 3.8) is 0 Å². The van der Waals surface area contributed by atoms with Gasteiger partial charge in [0, 0.05) is 19.8 Å². The predicted octanol–water partition coefficient (Wildman–Crippen LogP) is 2.65. The topological polar surface area (TPSA) is 84.9 Å². The van der Waals surface area contributed by atoms with Crippen molar-refractivity contribution in [2.24, 2.45) is 0 Å². The maximum Gasteiger partial charge on any atom is 0.336 e. The van der Waals surface area contributed by atoms with E-state index in [9.17, 15) is 9.59 Å². The summed E-state index contributed by atoms with van der Waals surface area (Å²) in [4.78, 5) is 23.2. The lowest BCUT2D eigenvalue weighted by Crippen LogP contribution is -2.39. The fraction of sp³-hybridized carbons (Fsp3) is 0.500. The van der Waals surface area contributed by atoms with Crippen LogP contribution in [-0.4, -0.2) is 45.3 Å². The summed E-state index contributed by atoms with van der Waals surface area (Å²) < 4.78 is 11.5. The highest BCUT2D eigenvalue weighted by Gasteiger charge is 2.29. The molecule has 1 aromatic rings. The standard InChI is InChI=1S/C16H25NO5Si/c1-4-21-23(3,22-5-2)12-8-11-17-15(18)13-9-6-7-10-14(13)16(19)20/h6-7,9-10H,4-5,8,11-12H2,1-3H3,(H,17,18)(H,19,20). The van der Waals surface area contributed by atoms with Gasteiger partial charge in [0.15, 0.2) is 0 Å². The highest BCUT2D eigenvalue weighted by atomic mass is 28.4. The van der Waals surface area contributed by atoms with Gasteiger partial charge in [0.25, 0.3) is 5.91 Å². The van der Waals surface area contributed by atoms with E-state index in [-0.39, 0.29) is 17.0 Å². The molecule has 1 aromatic carbocycles. The average molecular weight is 339 g/mol. The number of rotatable bonds is 10. The number of carbonyl (C=O) groups is 2. The molecule has 6 nitrogen and oxygen atoms in total. The molecular weight excluding hydrogens is 314 g/mol. The predicted molar refractivity (Wildman–Crippen MR) is 90.0 cm³/mol. The van der Waals surface area contributed by atoms with Crippen molar-refractivity contribution >= 4 is 20.4 Å². The van der Waals surface area contributed by atoms with Crippen LogP contribution in [0.3, 0.4) is 0 Å². The molecule has 0 saturated carbocycles. The lowest BCUT2D eigenvalue weighted by Gasteiger charge is -2.25. The van der Waals surface area contributed by atoms with E-state index in [0.29, 0.717) is 19.8 Å². The first kappa shape index (κ1) is 19.3. The lowest BCUT2D eigenvalue weighted by molar-refractivity contribution is 0.0691. The zero-order chi connectivity index (χ0) is 17.3. The molecule has 0 radical (unpaired) electrons. The number of carboxylic acid groups (broad SMARTS) is 1. The second kappa shape index (κ2) is 9.44. The van der Waals surface area contributed by atoms with Crippen LogP contribution in [0.4, 0.5) is 0 Å². The Morgan fingerprint density at radius 1 is 1.13 bits per heavy atom. The number of hydrogen-bond donors (Lipinski definition) is 2. The quantitative estimate of drug-likeness (QED) is 0.506. The van der Waals surface area contributed by atoms with Crippen LogP contribution in [0.25, 0.3) is 0 Å². The first-order valence-corrected chi connectivity index (χ1v) is 10.3. The van der Waals surface area contributed by atoms with Crippen LogP contribution < -0.4 is 5.32 Å². The normalized spacial score (nSPS) is 11.3. The van der Waals surface area contributed by atoms with Gasteiger partial charge in [-0.05, 0) is 45.0 Å². The summed E-state index contributed by atoms with van der Waals surface area (Å²) in [6.45, 7) is 7.57. The summed E-state index contributed by atoms with van der Waals surface area (Å²) in [5.74, 6) is -1.48. The van der Waals surface area contributed by atoms with Crippen molar-refractivity contribution in [1.82, 2.24) is 5.32 Å². The third-order valence-electron chi connectivity index (χ3n) is 3.39. The molecule has 0 unspecified atom stereocenters. The molecule has 1 rings (SSSR count). The largest absolute Gasteiger partial charge is 0.478 e. The summed E-state index contributed by atoms with van der Waals surface area (Å²) in [5.41, 5.74) is 0.183. The fourth-order valence-electron chi connectivity index (χ4n) is 2.37. The van der Waals surface area contributed by atoms with Crippen LogP contribution in [0.2, 0.25) is 12.6 Å². The molecule has 2 N–H and O–H groups in total. The Kier molecular flexibility index (Phi) is 7.94. The van der Waals surface area contributed by atoms with E-state index in [2.05, 4.69) is 5.32 Å². The molecule has 0 fully saturated rings. The van der Waals surface area contributed by atoms with Gasteiger partial charge < -0.3 is 19.3 Å². The number of carbonyl (C=O) groups excluding carboxylic acids is 1. The minimum absolute atomic E-state index is 0.00726. The number of hydrogen-bond acceptors (Lipinski definition) is 4. The maximum absolute atomic E-state index is 12.1. The molecule has 128 valence electrons. The SMILES string of the molecule is CCO[Si](C)(CCCNC(=O)c1ccccc1C(=O)O)OCC. The van der Waals surface area contributed by atoms with Crippen LogP contribution >= 0.6 is 0 Å². The summed E-state index contributed by atoms with van der Waals surface area (Å²) in [6, 6.07) is 6.95. The van der Waals surface area contributed by atoms with E-state index < -0.39 is 14.5 Å². The molecule has 1 amide bonds. The van der Waals surface area contributed by atoms with Crippen molar-refractivity contribution in [1.29, 1.82) is 0 Å². The smallest absolute Gasteiger partial charge is 0.336 e. The Morgan fingerprint density at radius 3 is 2.22 bits per heavy atom. The van der Waals surface area contributed by atoms with Gasteiger partial charge in [-0.15, -0.1) is 0 Å². The number of benzene rings is 1. The van der Waals surface area contributed by atoms with E-state index in [0.717, 1.165) is 12.5 Å². The van der Waals surface area contributed by atoms with Gasteiger partial charge in [0.1, 0.15) is 0 Å². The molecule has 0 bridgehead atoms. The molecule has 0 aliphatic heterocycles. The first-order valence-electron chi connectivity index (χ1n) is 7.82. The molecule has 0 aliphatic carbocycles. The average Bonchev–Trinajstić information content (AvgIpc) is 2.52. The van der Waals surface area contributed by atoms with Gasteiger partial charge in [0.2, 0.25) is 0 Å². The van der Waals surface area contributed by atoms with Crippen LogP contribution in [-0.2, 0) is 8.85 Å². The van der Waals surface area contributed by atoms with E-state index >= 15 is 0 Å². The molecule has 0 spiro atoms. The molecule has 7 heteroatoms. The van der Waals surface area contributed by atoms with Gasteiger partial charge in [-0.1, -0.05) is 12.1 Å². The Hall–Kier alpha value is -1.70. The van der Waals surface area contributed by atoms with E-state index in [1.165, 1.54) is 12.1 Å². The number of nitrogens with one attached hydrogen (secondary N) is 1. The highest BCUT2D eigenvalue weighted by Crippen LogP contribution is 2.15. The van der Waals surface area contributed by atoms with Crippen molar-refractivity contribution < 1.29 is 23.5 Å². The van der Waals surface area contributed by atoms with Gasteiger partial charge in [-0.2, -0.15) is 0 Å². The van der Waals surface area contributed by atoms with E-state index in [1.54, 1.807) is 12.1 Å². The third-order valence-corrected chi connectivity index (χ3v) is 6.46. The Labute approximate surface area is 138 Å². The maximum atomic E-state index is 12.1. The Balaban J connectivity index is 2.53.